The number of carbonyl (C=O) groups excluding carboxylic acids is 1. The van der Waals surface area contributed by atoms with Gasteiger partial charge in [-0.1, -0.05) is 18.2 Å². The summed E-state index contributed by atoms with van der Waals surface area (Å²) in [5, 5.41) is 2.55. The van der Waals surface area contributed by atoms with Gasteiger partial charge in [0.05, 0.1) is 23.1 Å². The number of imidazole rings is 1. The van der Waals surface area contributed by atoms with E-state index in [1.54, 1.807) is 0 Å². The number of H-pyrrole nitrogens is 1. The molecule has 1 heterocycles. The van der Waals surface area contributed by atoms with Crippen molar-refractivity contribution in [2.24, 2.45) is 0 Å². The molecule has 0 radical (unpaired) electrons. The number of carbonyl (C=O) groups is 1. The Morgan fingerprint density at radius 3 is 2.65 bits per heavy atom. The summed E-state index contributed by atoms with van der Waals surface area (Å²) < 4.78 is 38.0. The lowest BCUT2D eigenvalue weighted by Gasteiger charge is -2.08. The molecule has 7 heteroatoms. The molecule has 0 fully saturated rings. The van der Waals surface area contributed by atoms with Crippen molar-refractivity contribution in [3.8, 4) is 0 Å². The third kappa shape index (κ3) is 3.33. The molecular weight excluding hydrogens is 307 g/mol. The zero-order valence-corrected chi connectivity index (χ0v) is 11.8. The highest BCUT2D eigenvalue weighted by molar-refractivity contribution is 5.94. The van der Waals surface area contributed by atoms with Crippen LogP contribution in [0.2, 0.25) is 0 Å². The standard InChI is InChI=1S/C16H12F3N3O/c17-16(18,19)11-5-3-4-10(8-11)15(23)20-9-14-21-12-6-1-2-7-13(12)22-14/h1-8H,9H2,(H,20,23)(H,21,22). The fourth-order valence-electron chi connectivity index (χ4n) is 2.19. The van der Waals surface area contributed by atoms with Crippen LogP contribution in [0.4, 0.5) is 13.2 Å². The van der Waals surface area contributed by atoms with Crippen molar-refractivity contribution in [1.29, 1.82) is 0 Å². The predicted octanol–water partition coefficient (Wildman–Crippen LogP) is 3.51. The van der Waals surface area contributed by atoms with Gasteiger partial charge in [-0.15, -0.1) is 0 Å². The molecule has 3 rings (SSSR count). The van der Waals surface area contributed by atoms with Crippen molar-refractivity contribution in [3.05, 3.63) is 65.5 Å². The predicted molar refractivity (Wildman–Crippen MR) is 78.7 cm³/mol. The summed E-state index contributed by atoms with van der Waals surface area (Å²) in [7, 11) is 0. The van der Waals surface area contributed by atoms with Gasteiger partial charge >= 0.3 is 6.18 Å². The van der Waals surface area contributed by atoms with E-state index in [0.717, 1.165) is 23.2 Å². The molecule has 0 spiro atoms. The number of nitrogens with one attached hydrogen (secondary N) is 2. The summed E-state index contributed by atoms with van der Waals surface area (Å²) in [5.74, 6) is -0.0527. The van der Waals surface area contributed by atoms with Crippen LogP contribution in [-0.4, -0.2) is 15.9 Å². The number of aromatic nitrogens is 2. The molecular formula is C16H12F3N3O. The van der Waals surface area contributed by atoms with Gasteiger partial charge in [-0.25, -0.2) is 4.98 Å². The van der Waals surface area contributed by atoms with Gasteiger partial charge in [-0.3, -0.25) is 4.79 Å². The fraction of sp³-hybridized carbons (Fsp3) is 0.125. The number of amides is 1. The zero-order valence-electron chi connectivity index (χ0n) is 11.8. The van der Waals surface area contributed by atoms with Gasteiger partial charge in [0.25, 0.3) is 5.91 Å². The monoisotopic (exact) mass is 319 g/mol. The molecule has 0 aliphatic heterocycles. The Labute approximate surface area is 129 Å². The number of halogens is 3. The van der Waals surface area contributed by atoms with Gasteiger partial charge in [0, 0.05) is 5.56 Å². The van der Waals surface area contributed by atoms with E-state index in [1.807, 2.05) is 24.3 Å². The van der Waals surface area contributed by atoms with E-state index in [4.69, 9.17) is 0 Å². The average molecular weight is 319 g/mol. The minimum absolute atomic E-state index is 0.0454. The van der Waals surface area contributed by atoms with E-state index in [2.05, 4.69) is 15.3 Å². The zero-order chi connectivity index (χ0) is 16.4. The Bertz CT molecular complexity index is 822. The van der Waals surface area contributed by atoms with E-state index in [9.17, 15) is 18.0 Å². The van der Waals surface area contributed by atoms with E-state index >= 15 is 0 Å². The molecule has 4 nitrogen and oxygen atoms in total. The Balaban J connectivity index is 1.72. The van der Waals surface area contributed by atoms with Gasteiger partial charge in [-0.05, 0) is 30.3 Å². The van der Waals surface area contributed by atoms with Gasteiger partial charge in [-0.2, -0.15) is 13.2 Å². The molecule has 118 valence electrons. The molecule has 0 saturated carbocycles. The Hall–Kier alpha value is -2.83. The normalized spacial score (nSPS) is 11.6. The van der Waals surface area contributed by atoms with Crippen molar-refractivity contribution < 1.29 is 18.0 Å². The third-order valence-corrected chi connectivity index (χ3v) is 3.31. The second-order valence-electron chi connectivity index (χ2n) is 4.96. The van der Waals surface area contributed by atoms with E-state index in [1.165, 1.54) is 12.1 Å². The van der Waals surface area contributed by atoms with Crippen LogP contribution in [0, 0.1) is 0 Å². The maximum absolute atomic E-state index is 12.7. The molecule has 0 aliphatic carbocycles. The molecule has 1 aromatic heterocycles. The van der Waals surface area contributed by atoms with Crippen LogP contribution in [-0.2, 0) is 12.7 Å². The van der Waals surface area contributed by atoms with Crippen LogP contribution in [0.3, 0.4) is 0 Å². The molecule has 0 bridgehead atoms. The first-order chi connectivity index (χ1) is 10.9. The summed E-state index contributed by atoms with van der Waals surface area (Å²) >= 11 is 0. The molecule has 0 aliphatic rings. The minimum atomic E-state index is -4.48. The van der Waals surface area contributed by atoms with E-state index < -0.39 is 17.6 Å². The quantitative estimate of drug-likeness (QED) is 0.776. The maximum atomic E-state index is 12.7. The summed E-state index contributed by atoms with van der Waals surface area (Å²) in [6, 6.07) is 11.7. The van der Waals surface area contributed by atoms with Crippen molar-refractivity contribution in [2.45, 2.75) is 12.7 Å². The van der Waals surface area contributed by atoms with Crippen molar-refractivity contribution in [2.75, 3.05) is 0 Å². The third-order valence-electron chi connectivity index (χ3n) is 3.31. The van der Waals surface area contributed by atoms with Crippen LogP contribution in [0.1, 0.15) is 21.7 Å². The van der Waals surface area contributed by atoms with Gasteiger partial charge in [0.2, 0.25) is 0 Å². The number of benzene rings is 2. The number of fused-ring (bicyclic) bond motifs is 1. The Morgan fingerprint density at radius 2 is 1.91 bits per heavy atom. The summed E-state index contributed by atoms with van der Waals surface area (Å²) in [4.78, 5) is 19.3. The number of alkyl halides is 3. The molecule has 2 N–H and O–H groups in total. The number of hydrogen-bond donors (Lipinski definition) is 2. The Kier molecular flexibility index (Phi) is 3.77. The number of nitrogens with zero attached hydrogens (tertiary/aromatic N) is 1. The van der Waals surface area contributed by atoms with Crippen LogP contribution >= 0.6 is 0 Å². The van der Waals surface area contributed by atoms with Crippen molar-refractivity contribution in [1.82, 2.24) is 15.3 Å². The lowest BCUT2D eigenvalue weighted by molar-refractivity contribution is -0.137. The highest BCUT2D eigenvalue weighted by atomic mass is 19.4. The van der Waals surface area contributed by atoms with E-state index in [0.29, 0.717) is 5.82 Å². The average Bonchev–Trinajstić information content (AvgIpc) is 2.95. The number of hydrogen-bond acceptors (Lipinski definition) is 2. The largest absolute Gasteiger partial charge is 0.416 e. The van der Waals surface area contributed by atoms with Crippen LogP contribution in [0.5, 0.6) is 0 Å². The Morgan fingerprint density at radius 1 is 1.13 bits per heavy atom. The molecule has 0 unspecified atom stereocenters. The number of para-hydroxylation sites is 2. The van der Waals surface area contributed by atoms with Crippen molar-refractivity contribution in [3.63, 3.8) is 0 Å². The van der Waals surface area contributed by atoms with Crippen LogP contribution in [0.25, 0.3) is 11.0 Å². The molecule has 3 aromatic rings. The molecule has 1 amide bonds. The number of rotatable bonds is 3. The van der Waals surface area contributed by atoms with Crippen LogP contribution in [0.15, 0.2) is 48.5 Å². The SMILES string of the molecule is O=C(NCc1nc2ccccc2[nH]1)c1cccc(C(F)(F)F)c1. The molecule has 0 saturated heterocycles. The van der Waals surface area contributed by atoms with Crippen LogP contribution < -0.4 is 5.32 Å². The van der Waals surface area contributed by atoms with Gasteiger partial charge in [0.15, 0.2) is 0 Å². The van der Waals surface area contributed by atoms with Gasteiger partial charge in [0.1, 0.15) is 5.82 Å². The minimum Gasteiger partial charge on any atom is -0.345 e. The summed E-state index contributed by atoms with van der Waals surface area (Å²) in [5.41, 5.74) is 0.691. The second kappa shape index (κ2) is 5.75. The molecule has 23 heavy (non-hydrogen) atoms. The van der Waals surface area contributed by atoms with Crippen molar-refractivity contribution >= 4 is 16.9 Å². The summed E-state index contributed by atoms with van der Waals surface area (Å²) in [6.45, 7) is 0.101. The lowest BCUT2D eigenvalue weighted by Crippen LogP contribution is -2.23. The first kappa shape index (κ1) is 15.1. The van der Waals surface area contributed by atoms with E-state index in [-0.39, 0.29) is 12.1 Å². The molecule has 2 aromatic carbocycles. The first-order valence-electron chi connectivity index (χ1n) is 6.82. The smallest absolute Gasteiger partial charge is 0.345 e. The first-order valence-corrected chi connectivity index (χ1v) is 6.82. The molecule has 0 atom stereocenters. The maximum Gasteiger partial charge on any atom is 0.416 e. The van der Waals surface area contributed by atoms with Gasteiger partial charge < -0.3 is 10.3 Å². The number of aromatic amines is 1. The summed E-state index contributed by atoms with van der Waals surface area (Å²) in [6.07, 6.45) is -4.48. The second-order valence-corrected chi connectivity index (χ2v) is 4.96. The lowest BCUT2D eigenvalue weighted by atomic mass is 10.1. The highest BCUT2D eigenvalue weighted by Gasteiger charge is 2.30. The fourth-order valence-corrected chi connectivity index (χ4v) is 2.19. The highest BCUT2D eigenvalue weighted by Crippen LogP contribution is 2.29. The topological polar surface area (TPSA) is 57.8 Å².